The lowest BCUT2D eigenvalue weighted by Gasteiger charge is -2.23. The Morgan fingerprint density at radius 3 is 2.30 bits per heavy atom. The van der Waals surface area contributed by atoms with E-state index in [4.69, 9.17) is 13.8 Å². The van der Waals surface area contributed by atoms with E-state index in [1.165, 1.54) is 0 Å². The second-order valence-corrected chi connectivity index (χ2v) is 7.93. The van der Waals surface area contributed by atoms with Crippen molar-refractivity contribution in [1.82, 2.24) is 0 Å². The van der Waals surface area contributed by atoms with E-state index < -0.39 is 19.2 Å². The fourth-order valence-corrected chi connectivity index (χ4v) is 4.46. The standard InChI is InChI=1S/C21H25O5P/c1-4-24-21(22)20(27(23,25-5-2)26-6-3)13-9-10-17-14-15-18-11-7-8-12-19(18)16-17/h7-8,11-12,14-16,20H,4-6,13H2,1-3H3. The molecule has 0 aliphatic heterocycles. The smallest absolute Gasteiger partial charge is 0.345 e. The highest BCUT2D eigenvalue weighted by molar-refractivity contribution is 7.55. The zero-order valence-corrected chi connectivity index (χ0v) is 16.8. The van der Waals surface area contributed by atoms with E-state index in [0.29, 0.717) is 0 Å². The Hall–Kier alpha value is -2.12. The highest BCUT2D eigenvalue weighted by atomic mass is 31.2. The van der Waals surface area contributed by atoms with Gasteiger partial charge in [-0.25, -0.2) is 0 Å². The molecular weight excluding hydrogens is 363 g/mol. The van der Waals surface area contributed by atoms with Crippen LogP contribution in [0.25, 0.3) is 10.8 Å². The number of fused-ring (bicyclic) bond motifs is 1. The van der Waals surface area contributed by atoms with E-state index in [2.05, 4.69) is 11.8 Å². The van der Waals surface area contributed by atoms with Crippen molar-refractivity contribution in [2.24, 2.45) is 0 Å². The highest BCUT2D eigenvalue weighted by Crippen LogP contribution is 2.54. The van der Waals surface area contributed by atoms with Gasteiger partial charge in [0.15, 0.2) is 5.66 Å². The van der Waals surface area contributed by atoms with Crippen molar-refractivity contribution in [3.63, 3.8) is 0 Å². The zero-order valence-electron chi connectivity index (χ0n) is 15.9. The van der Waals surface area contributed by atoms with Crippen LogP contribution in [0.2, 0.25) is 0 Å². The molecule has 1 atom stereocenters. The van der Waals surface area contributed by atoms with Crippen LogP contribution in [0, 0.1) is 11.8 Å². The Balaban J connectivity index is 2.25. The van der Waals surface area contributed by atoms with E-state index in [9.17, 15) is 9.36 Å². The minimum absolute atomic E-state index is 0.0307. The van der Waals surface area contributed by atoms with Gasteiger partial charge in [0.05, 0.1) is 19.8 Å². The van der Waals surface area contributed by atoms with Gasteiger partial charge in [0, 0.05) is 12.0 Å². The third kappa shape index (κ3) is 5.68. The average molecular weight is 388 g/mol. The molecule has 0 N–H and O–H groups in total. The molecule has 0 heterocycles. The second kappa shape index (κ2) is 10.3. The Labute approximate surface area is 160 Å². The van der Waals surface area contributed by atoms with Crippen LogP contribution in [0.4, 0.5) is 0 Å². The van der Waals surface area contributed by atoms with Crippen molar-refractivity contribution in [3.8, 4) is 11.8 Å². The molecule has 0 spiro atoms. The molecular formula is C21H25O5P. The van der Waals surface area contributed by atoms with Gasteiger partial charge in [-0.2, -0.15) is 0 Å². The summed E-state index contributed by atoms with van der Waals surface area (Å²) in [6.45, 7) is 5.63. The molecule has 2 aromatic rings. The summed E-state index contributed by atoms with van der Waals surface area (Å²) < 4.78 is 28.7. The lowest BCUT2D eigenvalue weighted by atomic mass is 10.1. The summed E-state index contributed by atoms with van der Waals surface area (Å²) in [6, 6.07) is 13.9. The van der Waals surface area contributed by atoms with Crippen molar-refractivity contribution < 1.29 is 23.1 Å². The molecule has 0 radical (unpaired) electrons. The first-order valence-electron chi connectivity index (χ1n) is 9.07. The van der Waals surface area contributed by atoms with E-state index >= 15 is 0 Å². The predicted octanol–water partition coefficient (Wildman–Crippen LogP) is 4.78. The van der Waals surface area contributed by atoms with Gasteiger partial charge < -0.3 is 13.8 Å². The molecule has 1 unspecified atom stereocenters. The van der Waals surface area contributed by atoms with Gasteiger partial charge in [0.1, 0.15) is 0 Å². The third-order valence-corrected chi connectivity index (χ3v) is 6.23. The van der Waals surface area contributed by atoms with E-state index in [-0.39, 0.29) is 26.2 Å². The summed E-state index contributed by atoms with van der Waals surface area (Å²) in [5.74, 6) is 5.36. The van der Waals surface area contributed by atoms with Crippen molar-refractivity contribution in [3.05, 3.63) is 48.0 Å². The van der Waals surface area contributed by atoms with Gasteiger partial charge in [0.25, 0.3) is 0 Å². The monoisotopic (exact) mass is 388 g/mol. The van der Waals surface area contributed by atoms with Gasteiger partial charge in [-0.3, -0.25) is 9.36 Å². The molecule has 6 heteroatoms. The Bertz CT molecular complexity index is 871. The van der Waals surface area contributed by atoms with Crippen LogP contribution >= 0.6 is 7.60 Å². The largest absolute Gasteiger partial charge is 0.465 e. The summed E-state index contributed by atoms with van der Waals surface area (Å²) in [4.78, 5) is 12.3. The second-order valence-electron chi connectivity index (χ2n) is 5.71. The lowest BCUT2D eigenvalue weighted by molar-refractivity contribution is -0.143. The molecule has 0 aliphatic carbocycles. The van der Waals surface area contributed by atoms with E-state index in [1.54, 1.807) is 20.8 Å². The maximum Gasteiger partial charge on any atom is 0.345 e. The number of carbonyl (C=O) groups excluding carboxylic acids is 1. The molecule has 0 aromatic heterocycles. The molecule has 0 fully saturated rings. The zero-order chi connectivity index (χ0) is 19.7. The van der Waals surface area contributed by atoms with Crippen LogP contribution in [0.5, 0.6) is 0 Å². The normalized spacial score (nSPS) is 12.3. The van der Waals surface area contributed by atoms with Crippen LogP contribution in [0.15, 0.2) is 42.5 Å². The van der Waals surface area contributed by atoms with Crippen molar-refractivity contribution in [2.75, 3.05) is 19.8 Å². The topological polar surface area (TPSA) is 61.8 Å². The predicted molar refractivity (Wildman–Crippen MR) is 107 cm³/mol. The first-order valence-corrected chi connectivity index (χ1v) is 10.7. The summed E-state index contributed by atoms with van der Waals surface area (Å²) in [5, 5.41) is 2.21. The fourth-order valence-electron chi connectivity index (χ4n) is 2.66. The van der Waals surface area contributed by atoms with Crippen LogP contribution in [-0.2, 0) is 23.1 Å². The molecule has 5 nitrogen and oxygen atoms in total. The Kier molecular flexibility index (Phi) is 8.06. The lowest BCUT2D eigenvalue weighted by Crippen LogP contribution is -2.25. The average Bonchev–Trinajstić information content (AvgIpc) is 2.65. The molecule has 0 saturated carbocycles. The van der Waals surface area contributed by atoms with Crippen LogP contribution < -0.4 is 0 Å². The number of carbonyl (C=O) groups is 1. The number of hydrogen-bond donors (Lipinski definition) is 0. The fraction of sp³-hybridized carbons (Fsp3) is 0.381. The third-order valence-electron chi connectivity index (χ3n) is 3.84. The summed E-state index contributed by atoms with van der Waals surface area (Å²) in [5.41, 5.74) is -0.246. The van der Waals surface area contributed by atoms with Gasteiger partial charge in [-0.05, 0) is 43.7 Å². The minimum atomic E-state index is -3.65. The molecule has 0 saturated heterocycles. The Morgan fingerprint density at radius 2 is 1.67 bits per heavy atom. The first-order chi connectivity index (χ1) is 13.0. The molecule has 0 amide bonds. The molecule has 0 bridgehead atoms. The quantitative estimate of drug-likeness (QED) is 0.370. The molecule has 0 aliphatic rings. The van der Waals surface area contributed by atoms with Gasteiger partial charge in [-0.15, -0.1) is 0 Å². The van der Waals surface area contributed by atoms with E-state index in [1.807, 2.05) is 42.5 Å². The highest BCUT2D eigenvalue weighted by Gasteiger charge is 2.41. The molecule has 27 heavy (non-hydrogen) atoms. The maximum atomic E-state index is 13.0. The Morgan fingerprint density at radius 1 is 1.00 bits per heavy atom. The molecule has 144 valence electrons. The maximum absolute atomic E-state index is 13.0. The molecule has 2 rings (SSSR count). The van der Waals surface area contributed by atoms with Crippen molar-refractivity contribution in [1.29, 1.82) is 0 Å². The summed E-state index contributed by atoms with van der Waals surface area (Å²) in [7, 11) is -3.65. The van der Waals surface area contributed by atoms with Gasteiger partial charge >= 0.3 is 13.6 Å². The SMILES string of the molecule is CCOC(=O)C(CC#Cc1ccc2ccccc2c1)P(=O)(OCC)OCC. The number of hydrogen-bond acceptors (Lipinski definition) is 5. The minimum Gasteiger partial charge on any atom is -0.465 e. The van der Waals surface area contributed by atoms with Crippen molar-refractivity contribution in [2.45, 2.75) is 32.9 Å². The number of ether oxygens (including phenoxy) is 1. The number of esters is 1. The van der Waals surface area contributed by atoms with Gasteiger partial charge in [0.2, 0.25) is 0 Å². The summed E-state index contributed by atoms with van der Waals surface area (Å²) in [6.07, 6.45) is 0.0307. The number of rotatable bonds is 8. The number of benzene rings is 2. The van der Waals surface area contributed by atoms with E-state index in [0.717, 1.165) is 16.3 Å². The van der Waals surface area contributed by atoms with Crippen LogP contribution in [0.3, 0.4) is 0 Å². The van der Waals surface area contributed by atoms with Gasteiger partial charge in [-0.1, -0.05) is 42.2 Å². The first kappa shape index (κ1) is 21.2. The van der Waals surface area contributed by atoms with Crippen LogP contribution in [0.1, 0.15) is 32.8 Å². The molecule has 2 aromatic carbocycles. The summed E-state index contributed by atoms with van der Waals surface area (Å²) >= 11 is 0. The van der Waals surface area contributed by atoms with Crippen molar-refractivity contribution >= 4 is 24.3 Å². The van der Waals surface area contributed by atoms with Crippen LogP contribution in [-0.4, -0.2) is 31.4 Å².